The number of morpholine rings is 1. The normalized spacial score (nSPS) is 20.9. The number of anilines is 3. The molecule has 3 aromatic rings. The van der Waals surface area contributed by atoms with Gasteiger partial charge in [-0.05, 0) is 43.5 Å². The van der Waals surface area contributed by atoms with E-state index < -0.39 is 0 Å². The van der Waals surface area contributed by atoms with Gasteiger partial charge in [0.15, 0.2) is 0 Å². The lowest BCUT2D eigenvalue weighted by Crippen LogP contribution is -2.41. The molecule has 0 spiro atoms. The molecule has 1 saturated carbocycles. The summed E-state index contributed by atoms with van der Waals surface area (Å²) in [5, 5.41) is 8.51. The number of carbonyl (C=O) groups is 1. The Balaban J connectivity index is 1.35. The first kappa shape index (κ1) is 22.1. The summed E-state index contributed by atoms with van der Waals surface area (Å²) >= 11 is 13.1. The van der Waals surface area contributed by atoms with Gasteiger partial charge in [-0.15, -0.1) is 0 Å². The number of benzene rings is 1. The van der Waals surface area contributed by atoms with E-state index in [0.717, 1.165) is 30.6 Å². The second kappa shape index (κ2) is 9.26. The molecule has 3 heterocycles. The Bertz CT molecular complexity index is 1170. The van der Waals surface area contributed by atoms with Crippen LogP contribution in [0.1, 0.15) is 25.3 Å². The number of halogens is 2. The molecule has 1 amide bonds. The first-order chi connectivity index (χ1) is 16.0. The van der Waals surface area contributed by atoms with Crippen LogP contribution >= 0.6 is 23.2 Å². The first-order valence-corrected chi connectivity index (χ1v) is 11.5. The molecule has 1 saturated heterocycles. The second-order valence-corrected chi connectivity index (χ2v) is 8.95. The van der Waals surface area contributed by atoms with Gasteiger partial charge in [0.2, 0.25) is 5.95 Å². The molecule has 172 valence electrons. The van der Waals surface area contributed by atoms with Crippen molar-refractivity contribution >= 4 is 46.4 Å². The van der Waals surface area contributed by atoms with Gasteiger partial charge in [0.05, 0.1) is 41.3 Å². The van der Waals surface area contributed by atoms with Crippen LogP contribution in [0.4, 0.5) is 17.3 Å². The third kappa shape index (κ3) is 4.54. The zero-order chi connectivity index (χ0) is 22.9. The van der Waals surface area contributed by atoms with E-state index in [1.807, 2.05) is 24.3 Å². The molecule has 2 aliphatic rings. The summed E-state index contributed by atoms with van der Waals surface area (Å²) in [5.41, 5.74) is 8.79. The summed E-state index contributed by atoms with van der Waals surface area (Å²) in [5.74, 6) is 0.320. The Hall–Kier alpha value is -2.72. The zero-order valence-electron chi connectivity index (χ0n) is 17.7. The van der Waals surface area contributed by atoms with Crippen LogP contribution in [0.2, 0.25) is 10.2 Å². The highest BCUT2D eigenvalue weighted by molar-refractivity contribution is 6.35. The van der Waals surface area contributed by atoms with Crippen molar-refractivity contribution in [2.24, 2.45) is 5.73 Å². The minimum absolute atomic E-state index is 0.0513. The van der Waals surface area contributed by atoms with Crippen molar-refractivity contribution in [2.45, 2.75) is 31.3 Å². The van der Waals surface area contributed by atoms with Gasteiger partial charge in [-0.3, -0.25) is 9.48 Å². The Morgan fingerprint density at radius 3 is 2.70 bits per heavy atom. The molecule has 33 heavy (non-hydrogen) atoms. The number of ether oxygens (including phenoxy) is 1. The number of carbonyl (C=O) groups excluding carboxylic acids is 1. The lowest BCUT2D eigenvalue weighted by Gasteiger charge is -2.26. The van der Waals surface area contributed by atoms with Crippen LogP contribution in [0.3, 0.4) is 0 Å². The van der Waals surface area contributed by atoms with E-state index in [1.165, 1.54) is 6.20 Å². The van der Waals surface area contributed by atoms with Gasteiger partial charge in [0.25, 0.3) is 5.91 Å². The van der Waals surface area contributed by atoms with Crippen molar-refractivity contribution in [3.8, 4) is 11.3 Å². The van der Waals surface area contributed by atoms with E-state index in [9.17, 15) is 4.79 Å². The quantitative estimate of drug-likeness (QED) is 0.562. The van der Waals surface area contributed by atoms with E-state index in [0.29, 0.717) is 40.5 Å². The third-order valence-electron chi connectivity index (χ3n) is 5.95. The Morgan fingerprint density at radius 2 is 1.97 bits per heavy atom. The van der Waals surface area contributed by atoms with Crippen LogP contribution in [0.15, 0.2) is 36.7 Å². The molecule has 11 heteroatoms. The van der Waals surface area contributed by atoms with Crippen molar-refractivity contribution in [1.82, 2.24) is 19.7 Å². The predicted octanol–water partition coefficient (Wildman–Crippen LogP) is 3.81. The lowest BCUT2D eigenvalue weighted by atomic mass is 10.2. The van der Waals surface area contributed by atoms with Crippen molar-refractivity contribution in [2.75, 3.05) is 30.0 Å². The molecule has 2 fully saturated rings. The minimum atomic E-state index is -0.0513. The average molecular weight is 488 g/mol. The van der Waals surface area contributed by atoms with E-state index >= 15 is 0 Å². The number of nitrogens with zero attached hydrogens (tertiary/aromatic N) is 5. The van der Waals surface area contributed by atoms with E-state index in [-0.39, 0.29) is 24.6 Å². The molecule has 0 bridgehead atoms. The summed E-state index contributed by atoms with van der Waals surface area (Å²) in [4.78, 5) is 22.6. The SMILES string of the molecule is N[C@@H]1CC[C@@H](n2ncc(-c3nc(Nc4ccc(N5CCOCC5=O)cc4)ncc3Cl)c2Cl)C1. The summed E-state index contributed by atoms with van der Waals surface area (Å²) in [6.07, 6.45) is 5.96. The highest BCUT2D eigenvalue weighted by atomic mass is 35.5. The maximum absolute atomic E-state index is 12.0. The first-order valence-electron chi connectivity index (χ1n) is 10.8. The van der Waals surface area contributed by atoms with Crippen LogP contribution in [-0.2, 0) is 9.53 Å². The molecule has 0 radical (unpaired) electrons. The number of aromatic nitrogens is 4. The summed E-state index contributed by atoms with van der Waals surface area (Å²) in [6.45, 7) is 1.17. The van der Waals surface area contributed by atoms with Crippen LogP contribution in [0.25, 0.3) is 11.3 Å². The zero-order valence-corrected chi connectivity index (χ0v) is 19.3. The van der Waals surface area contributed by atoms with Crippen molar-refractivity contribution in [3.05, 3.63) is 46.8 Å². The van der Waals surface area contributed by atoms with Gasteiger partial charge in [-0.1, -0.05) is 23.2 Å². The third-order valence-corrected chi connectivity index (χ3v) is 6.60. The van der Waals surface area contributed by atoms with Gasteiger partial charge < -0.3 is 20.7 Å². The Labute approximate surface area is 200 Å². The molecule has 0 unspecified atom stereocenters. The molecular weight excluding hydrogens is 465 g/mol. The maximum Gasteiger partial charge on any atom is 0.253 e. The number of amides is 1. The fourth-order valence-corrected chi connectivity index (χ4v) is 4.75. The monoisotopic (exact) mass is 487 g/mol. The number of hydrogen-bond donors (Lipinski definition) is 2. The van der Waals surface area contributed by atoms with Gasteiger partial charge in [-0.25, -0.2) is 9.97 Å². The highest BCUT2D eigenvalue weighted by Crippen LogP contribution is 2.37. The van der Waals surface area contributed by atoms with E-state index in [2.05, 4.69) is 20.4 Å². The molecule has 5 rings (SSSR count). The highest BCUT2D eigenvalue weighted by Gasteiger charge is 2.27. The second-order valence-electron chi connectivity index (χ2n) is 8.18. The summed E-state index contributed by atoms with van der Waals surface area (Å²) in [6, 6.07) is 7.82. The molecule has 2 aromatic heterocycles. The van der Waals surface area contributed by atoms with Crippen molar-refractivity contribution < 1.29 is 9.53 Å². The molecule has 1 aromatic carbocycles. The van der Waals surface area contributed by atoms with Crippen molar-refractivity contribution in [3.63, 3.8) is 0 Å². The predicted molar refractivity (Wildman–Crippen MR) is 127 cm³/mol. The average Bonchev–Trinajstić information content (AvgIpc) is 3.41. The number of hydrogen-bond acceptors (Lipinski definition) is 7. The number of nitrogens with one attached hydrogen (secondary N) is 1. The smallest absolute Gasteiger partial charge is 0.253 e. The Morgan fingerprint density at radius 1 is 1.15 bits per heavy atom. The fourth-order valence-electron chi connectivity index (χ4n) is 4.24. The van der Waals surface area contributed by atoms with Gasteiger partial charge in [0, 0.05) is 24.0 Å². The molecule has 1 aliphatic carbocycles. The minimum Gasteiger partial charge on any atom is -0.370 e. The molecule has 9 nitrogen and oxygen atoms in total. The van der Waals surface area contributed by atoms with Crippen LogP contribution in [-0.4, -0.2) is 51.5 Å². The van der Waals surface area contributed by atoms with Gasteiger partial charge in [0.1, 0.15) is 11.8 Å². The van der Waals surface area contributed by atoms with Crippen LogP contribution in [0, 0.1) is 0 Å². The Kier molecular flexibility index (Phi) is 6.20. The number of rotatable bonds is 5. The topological polar surface area (TPSA) is 111 Å². The largest absolute Gasteiger partial charge is 0.370 e. The molecule has 3 N–H and O–H groups in total. The number of nitrogens with two attached hydrogens (primary N) is 1. The summed E-state index contributed by atoms with van der Waals surface area (Å²) < 4.78 is 6.99. The molecular formula is C22H23Cl2N7O2. The standard InChI is InChI=1S/C22H23Cl2N7O2/c23-18-11-26-22(28-14-2-5-15(6-3-14)30-7-8-33-12-19(30)32)29-20(18)17-10-27-31(21(17)24)16-4-1-13(25)9-16/h2-3,5-6,10-11,13,16H,1,4,7-9,12,25H2,(H,26,28,29)/t13-,16-/m1/s1. The van der Waals surface area contributed by atoms with Crippen LogP contribution < -0.4 is 16.0 Å². The summed E-state index contributed by atoms with van der Waals surface area (Å²) in [7, 11) is 0. The van der Waals surface area contributed by atoms with Crippen molar-refractivity contribution in [1.29, 1.82) is 0 Å². The van der Waals surface area contributed by atoms with E-state index in [4.69, 9.17) is 33.7 Å². The molecule has 1 aliphatic heterocycles. The lowest BCUT2D eigenvalue weighted by molar-refractivity contribution is -0.125. The van der Waals surface area contributed by atoms with Gasteiger partial charge >= 0.3 is 0 Å². The van der Waals surface area contributed by atoms with E-state index in [1.54, 1.807) is 15.8 Å². The molecule has 2 atom stereocenters. The fraction of sp³-hybridized carbons (Fsp3) is 0.364. The maximum atomic E-state index is 12.0. The van der Waals surface area contributed by atoms with Gasteiger partial charge in [-0.2, -0.15) is 5.10 Å². The van der Waals surface area contributed by atoms with Crippen LogP contribution in [0.5, 0.6) is 0 Å².